The van der Waals surface area contributed by atoms with Gasteiger partial charge in [-0.1, -0.05) is 62.0 Å². The molecule has 1 aromatic carbocycles. The molecular weight excluding hydrogens is 312 g/mol. The molecule has 1 rings (SSSR count). The lowest BCUT2D eigenvalue weighted by molar-refractivity contribution is -0.130. The summed E-state index contributed by atoms with van der Waals surface area (Å²) in [6, 6.07) is 3.55. The van der Waals surface area contributed by atoms with Crippen molar-refractivity contribution in [1.29, 1.82) is 0 Å². The summed E-state index contributed by atoms with van der Waals surface area (Å²) in [4.78, 5) is 12.0. The van der Waals surface area contributed by atoms with Crippen LogP contribution in [0.1, 0.15) is 79.9 Å². The molecule has 0 saturated carbocycles. The van der Waals surface area contributed by atoms with Crippen molar-refractivity contribution in [2.24, 2.45) is 5.41 Å². The van der Waals surface area contributed by atoms with E-state index in [1.54, 1.807) is 19.1 Å². The van der Waals surface area contributed by atoms with E-state index in [1.165, 1.54) is 0 Å². The van der Waals surface area contributed by atoms with Crippen LogP contribution < -0.4 is 4.74 Å². The zero-order valence-corrected chi connectivity index (χ0v) is 17.3. The maximum atomic E-state index is 12.0. The van der Waals surface area contributed by atoms with Gasteiger partial charge in [0, 0.05) is 16.7 Å². The van der Waals surface area contributed by atoms with Gasteiger partial charge in [0.2, 0.25) is 0 Å². The van der Waals surface area contributed by atoms with Crippen LogP contribution in [0.4, 0.5) is 0 Å². The fourth-order valence-electron chi connectivity index (χ4n) is 3.37. The molecule has 0 saturated heterocycles. The van der Waals surface area contributed by atoms with E-state index in [2.05, 4.69) is 41.2 Å². The Balaban J connectivity index is 3.55. The lowest BCUT2D eigenvalue weighted by Crippen LogP contribution is -2.26. The van der Waals surface area contributed by atoms with Crippen molar-refractivity contribution in [3.05, 3.63) is 35.4 Å². The van der Waals surface area contributed by atoms with Gasteiger partial charge in [-0.25, -0.2) is 4.79 Å². The number of aromatic hydroxyl groups is 1. The fraction of sp³-hybridized carbons (Fsp3) is 0.591. The van der Waals surface area contributed by atoms with Gasteiger partial charge in [-0.3, -0.25) is 0 Å². The van der Waals surface area contributed by atoms with Crippen molar-refractivity contribution < 1.29 is 14.6 Å². The van der Waals surface area contributed by atoms with Crippen LogP contribution in [-0.4, -0.2) is 11.1 Å². The van der Waals surface area contributed by atoms with Crippen LogP contribution in [0.3, 0.4) is 0 Å². The maximum absolute atomic E-state index is 12.0. The molecule has 0 aliphatic carbocycles. The van der Waals surface area contributed by atoms with Crippen molar-refractivity contribution >= 4 is 5.97 Å². The van der Waals surface area contributed by atoms with E-state index in [9.17, 15) is 9.90 Å². The molecule has 0 bridgehead atoms. The van der Waals surface area contributed by atoms with Gasteiger partial charge in [-0.2, -0.15) is 0 Å². The average molecular weight is 347 g/mol. The lowest BCUT2D eigenvalue weighted by Gasteiger charge is -2.35. The van der Waals surface area contributed by atoms with Crippen LogP contribution in [0.2, 0.25) is 0 Å². The van der Waals surface area contributed by atoms with Crippen molar-refractivity contribution in [2.45, 2.75) is 79.6 Å². The van der Waals surface area contributed by atoms with E-state index >= 15 is 0 Å². The summed E-state index contributed by atoms with van der Waals surface area (Å²) in [6.07, 6.45) is 0.884. The van der Waals surface area contributed by atoms with Crippen molar-refractivity contribution in [1.82, 2.24) is 0 Å². The van der Waals surface area contributed by atoms with Crippen molar-refractivity contribution in [3.8, 4) is 11.5 Å². The minimum atomic E-state index is -0.454. The molecule has 0 radical (unpaired) electrons. The highest BCUT2D eigenvalue weighted by Gasteiger charge is 2.33. The number of hydrogen-bond donors (Lipinski definition) is 1. The highest BCUT2D eigenvalue weighted by molar-refractivity contribution is 5.88. The molecule has 140 valence electrons. The molecule has 3 heteroatoms. The molecule has 0 atom stereocenters. The molecule has 25 heavy (non-hydrogen) atoms. The third-order valence-electron chi connectivity index (χ3n) is 4.15. The Kier molecular flexibility index (Phi) is 5.83. The van der Waals surface area contributed by atoms with Crippen LogP contribution in [0.5, 0.6) is 11.5 Å². The minimum absolute atomic E-state index is 0.0994. The first-order chi connectivity index (χ1) is 11.0. The van der Waals surface area contributed by atoms with Crippen LogP contribution in [0.15, 0.2) is 24.3 Å². The SMILES string of the molecule is C=C(C)C(=O)Oc1cc(C(C)(C)C)c(O)c(C(C)(C)CC(C)(C)C)c1. The summed E-state index contributed by atoms with van der Waals surface area (Å²) in [6.45, 7) is 22.1. The second-order valence-electron chi connectivity index (χ2n) is 9.91. The van der Waals surface area contributed by atoms with Crippen LogP contribution >= 0.6 is 0 Å². The Morgan fingerprint density at radius 1 is 1.04 bits per heavy atom. The predicted molar refractivity (Wildman–Crippen MR) is 104 cm³/mol. The molecule has 0 spiro atoms. The normalized spacial score (nSPS) is 12.8. The topological polar surface area (TPSA) is 46.5 Å². The van der Waals surface area contributed by atoms with Gasteiger partial charge < -0.3 is 9.84 Å². The zero-order valence-electron chi connectivity index (χ0n) is 17.3. The number of rotatable bonds is 4. The Hall–Kier alpha value is -1.77. The van der Waals surface area contributed by atoms with Crippen molar-refractivity contribution in [2.75, 3.05) is 0 Å². The standard InChI is InChI=1S/C22H34O3/c1-14(2)19(24)25-15-11-16(21(6,7)8)18(23)17(12-15)22(9,10)13-20(3,4)5/h11-12,23H,1,13H2,2-10H3. The number of hydrogen-bond acceptors (Lipinski definition) is 3. The van der Waals surface area contributed by atoms with Gasteiger partial charge in [-0.15, -0.1) is 0 Å². The number of carbonyl (C=O) groups is 1. The summed E-state index contributed by atoms with van der Waals surface area (Å²) in [5.41, 5.74) is 1.48. The highest BCUT2D eigenvalue weighted by atomic mass is 16.5. The fourth-order valence-corrected chi connectivity index (χ4v) is 3.37. The largest absolute Gasteiger partial charge is 0.507 e. The molecule has 0 amide bonds. The van der Waals surface area contributed by atoms with Crippen LogP contribution in [0.25, 0.3) is 0 Å². The number of carbonyl (C=O) groups excluding carboxylic acids is 1. The monoisotopic (exact) mass is 346 g/mol. The molecule has 3 nitrogen and oxygen atoms in total. The van der Waals surface area contributed by atoms with E-state index in [-0.39, 0.29) is 22.0 Å². The first-order valence-corrected chi connectivity index (χ1v) is 8.80. The molecule has 0 aromatic heterocycles. The number of esters is 1. The summed E-state index contributed by atoms with van der Waals surface area (Å²) in [7, 11) is 0. The van der Waals surface area contributed by atoms with Gasteiger partial charge in [0.25, 0.3) is 0 Å². The lowest BCUT2D eigenvalue weighted by atomic mass is 9.70. The second kappa shape index (κ2) is 6.86. The number of phenolic OH excluding ortho intramolecular Hbond substituents is 1. The summed E-state index contributed by atoms with van der Waals surface area (Å²) >= 11 is 0. The zero-order chi connectivity index (χ0) is 19.8. The first kappa shape index (κ1) is 21.3. The third kappa shape index (κ3) is 5.62. The van der Waals surface area contributed by atoms with E-state index in [0.717, 1.165) is 17.5 Å². The average Bonchev–Trinajstić information content (AvgIpc) is 2.35. The number of benzene rings is 1. The van der Waals surface area contributed by atoms with Gasteiger partial charge in [0.15, 0.2) is 0 Å². The number of ether oxygens (including phenoxy) is 1. The van der Waals surface area contributed by atoms with Gasteiger partial charge in [0.1, 0.15) is 11.5 Å². The van der Waals surface area contributed by atoms with E-state index in [1.807, 2.05) is 20.8 Å². The van der Waals surface area contributed by atoms with Crippen molar-refractivity contribution in [3.63, 3.8) is 0 Å². The quantitative estimate of drug-likeness (QED) is 0.420. The Morgan fingerprint density at radius 3 is 1.92 bits per heavy atom. The first-order valence-electron chi connectivity index (χ1n) is 8.80. The molecule has 0 aliphatic rings. The molecule has 1 aromatic rings. The number of phenols is 1. The molecule has 1 N–H and O–H groups in total. The Bertz CT molecular complexity index is 668. The molecular formula is C22H34O3. The Morgan fingerprint density at radius 2 is 1.52 bits per heavy atom. The second-order valence-corrected chi connectivity index (χ2v) is 9.91. The van der Waals surface area contributed by atoms with Crippen LogP contribution in [-0.2, 0) is 15.6 Å². The summed E-state index contributed by atoms with van der Waals surface area (Å²) in [5, 5.41) is 11.0. The van der Waals surface area contributed by atoms with E-state index in [0.29, 0.717) is 11.3 Å². The summed E-state index contributed by atoms with van der Waals surface area (Å²) < 4.78 is 5.48. The Labute approximate surface area is 153 Å². The molecule has 0 heterocycles. The van der Waals surface area contributed by atoms with Gasteiger partial charge >= 0.3 is 5.97 Å². The molecule has 0 aliphatic heterocycles. The molecule has 0 unspecified atom stereocenters. The predicted octanol–water partition coefficient (Wildman–Crippen LogP) is 5.89. The van der Waals surface area contributed by atoms with Gasteiger partial charge in [-0.05, 0) is 41.7 Å². The van der Waals surface area contributed by atoms with Gasteiger partial charge in [0.05, 0.1) is 0 Å². The highest BCUT2D eigenvalue weighted by Crippen LogP contribution is 2.45. The van der Waals surface area contributed by atoms with Crippen LogP contribution in [0, 0.1) is 5.41 Å². The molecule has 0 fully saturated rings. The van der Waals surface area contributed by atoms with E-state index in [4.69, 9.17) is 4.74 Å². The third-order valence-corrected chi connectivity index (χ3v) is 4.15. The maximum Gasteiger partial charge on any atom is 0.338 e. The smallest absolute Gasteiger partial charge is 0.338 e. The van der Waals surface area contributed by atoms with E-state index < -0.39 is 5.97 Å². The minimum Gasteiger partial charge on any atom is -0.507 e. The summed E-state index contributed by atoms with van der Waals surface area (Å²) in [5.74, 6) is 0.287.